The monoisotopic (exact) mass is 282 g/mol. The molecule has 3 aromatic rings. The minimum atomic E-state index is 0.517. The molecule has 1 nitrogen and oxygen atoms in total. The summed E-state index contributed by atoms with van der Waals surface area (Å²) >= 11 is 13.7. The zero-order valence-electron chi connectivity index (χ0n) is 8.96. The van der Waals surface area contributed by atoms with Crippen molar-refractivity contribution in [2.24, 2.45) is 0 Å². The Hall–Kier alpha value is -0.830. The lowest BCUT2D eigenvalue weighted by Crippen LogP contribution is -1.71. The Morgan fingerprint density at radius 1 is 0.941 bits per heavy atom. The van der Waals surface area contributed by atoms with E-state index in [-0.39, 0.29) is 0 Å². The highest BCUT2D eigenvalue weighted by Crippen LogP contribution is 2.35. The minimum absolute atomic E-state index is 0.517. The van der Waals surface area contributed by atoms with Crippen molar-refractivity contribution < 1.29 is 4.42 Å². The van der Waals surface area contributed by atoms with Gasteiger partial charge in [-0.3, -0.25) is 0 Å². The van der Waals surface area contributed by atoms with Crippen molar-refractivity contribution in [1.29, 1.82) is 0 Å². The Bertz CT molecular complexity index is 718. The van der Waals surface area contributed by atoms with Gasteiger partial charge in [-0.15, -0.1) is 11.8 Å². The second kappa shape index (κ2) is 4.13. The molecule has 3 rings (SSSR count). The van der Waals surface area contributed by atoms with Crippen LogP contribution in [0.5, 0.6) is 0 Å². The van der Waals surface area contributed by atoms with Gasteiger partial charge in [-0.1, -0.05) is 23.2 Å². The molecule has 1 aromatic heterocycles. The molecule has 1 heterocycles. The van der Waals surface area contributed by atoms with Gasteiger partial charge in [-0.25, -0.2) is 0 Å². The molecule has 0 unspecified atom stereocenters. The van der Waals surface area contributed by atoms with Gasteiger partial charge in [0.1, 0.15) is 11.2 Å². The highest BCUT2D eigenvalue weighted by Gasteiger charge is 2.10. The summed E-state index contributed by atoms with van der Waals surface area (Å²) in [5, 5.41) is 3.15. The second-order valence-electron chi connectivity index (χ2n) is 3.73. The third kappa shape index (κ3) is 1.81. The standard InChI is InChI=1S/C13H8Cl2OS/c1-17-7-2-3-12-8(4-7)9-5-10(14)11(15)6-13(9)16-12/h2-6H,1H3. The van der Waals surface area contributed by atoms with Crippen LogP contribution < -0.4 is 0 Å². The Morgan fingerprint density at radius 2 is 1.65 bits per heavy atom. The van der Waals surface area contributed by atoms with E-state index >= 15 is 0 Å². The van der Waals surface area contributed by atoms with Crippen LogP contribution in [0.4, 0.5) is 0 Å². The molecule has 0 fully saturated rings. The third-order valence-electron chi connectivity index (χ3n) is 2.72. The summed E-state index contributed by atoms with van der Waals surface area (Å²) in [7, 11) is 0. The molecule has 0 saturated heterocycles. The van der Waals surface area contributed by atoms with E-state index in [1.807, 2.05) is 24.5 Å². The summed E-state index contributed by atoms with van der Waals surface area (Å²) in [6, 6.07) is 9.74. The molecule has 4 heteroatoms. The molecular weight excluding hydrogens is 275 g/mol. The van der Waals surface area contributed by atoms with Crippen molar-refractivity contribution in [1.82, 2.24) is 0 Å². The van der Waals surface area contributed by atoms with E-state index in [4.69, 9.17) is 27.6 Å². The molecular formula is C13H8Cl2OS. The predicted octanol–water partition coefficient (Wildman–Crippen LogP) is 5.61. The van der Waals surface area contributed by atoms with Gasteiger partial charge in [0.15, 0.2) is 0 Å². The average Bonchev–Trinajstić information content (AvgIpc) is 2.67. The van der Waals surface area contributed by atoms with Crippen molar-refractivity contribution in [3.05, 3.63) is 40.4 Å². The number of halogens is 2. The van der Waals surface area contributed by atoms with Gasteiger partial charge in [-0.2, -0.15) is 0 Å². The molecule has 17 heavy (non-hydrogen) atoms. The Labute approximate surface area is 113 Å². The first-order valence-corrected chi connectivity index (χ1v) is 7.02. The van der Waals surface area contributed by atoms with Crippen molar-refractivity contribution in [3.63, 3.8) is 0 Å². The van der Waals surface area contributed by atoms with E-state index in [9.17, 15) is 0 Å². The number of benzene rings is 2. The van der Waals surface area contributed by atoms with Crippen LogP contribution in [0, 0.1) is 0 Å². The first-order chi connectivity index (χ1) is 8.19. The van der Waals surface area contributed by atoms with Crippen LogP contribution >= 0.6 is 35.0 Å². The SMILES string of the molecule is CSc1ccc2oc3cc(Cl)c(Cl)cc3c2c1. The third-order valence-corrected chi connectivity index (χ3v) is 4.17. The van der Waals surface area contributed by atoms with Crippen LogP contribution in [0.2, 0.25) is 10.0 Å². The Morgan fingerprint density at radius 3 is 2.41 bits per heavy atom. The van der Waals surface area contributed by atoms with Gasteiger partial charge in [0.2, 0.25) is 0 Å². The highest BCUT2D eigenvalue weighted by molar-refractivity contribution is 7.98. The Kier molecular flexibility index (Phi) is 2.74. The quantitative estimate of drug-likeness (QED) is 0.538. The smallest absolute Gasteiger partial charge is 0.137 e. The van der Waals surface area contributed by atoms with Crippen LogP contribution in [0.1, 0.15) is 0 Å². The Balaban J connectivity index is 2.44. The second-order valence-corrected chi connectivity index (χ2v) is 5.42. The molecule has 0 bridgehead atoms. The maximum atomic E-state index is 6.04. The first kappa shape index (κ1) is 11.3. The fourth-order valence-corrected chi connectivity index (χ4v) is 2.63. The van der Waals surface area contributed by atoms with Gasteiger partial charge in [0.25, 0.3) is 0 Å². The van der Waals surface area contributed by atoms with E-state index < -0.39 is 0 Å². The summed E-state index contributed by atoms with van der Waals surface area (Å²) in [5.41, 5.74) is 1.63. The van der Waals surface area contributed by atoms with E-state index in [0.29, 0.717) is 10.0 Å². The fourth-order valence-electron chi connectivity index (χ4n) is 1.88. The molecule has 0 amide bonds. The fraction of sp³-hybridized carbons (Fsp3) is 0.0769. The summed E-state index contributed by atoms with van der Waals surface area (Å²) in [5.74, 6) is 0. The summed E-state index contributed by atoms with van der Waals surface area (Å²) in [6.07, 6.45) is 2.05. The molecule has 0 radical (unpaired) electrons. The molecule has 0 saturated carbocycles. The van der Waals surface area contributed by atoms with Crippen LogP contribution in [0.25, 0.3) is 21.9 Å². The zero-order chi connectivity index (χ0) is 12.0. The summed E-state index contributed by atoms with van der Waals surface area (Å²) in [4.78, 5) is 1.20. The van der Waals surface area contributed by atoms with E-state index in [1.54, 1.807) is 17.8 Å². The molecule has 0 aliphatic rings. The molecule has 0 aliphatic carbocycles. The normalized spacial score (nSPS) is 11.5. The summed E-state index contributed by atoms with van der Waals surface area (Å²) in [6.45, 7) is 0. The molecule has 0 N–H and O–H groups in total. The topological polar surface area (TPSA) is 13.1 Å². The van der Waals surface area contributed by atoms with Gasteiger partial charge in [-0.05, 0) is 30.5 Å². The van der Waals surface area contributed by atoms with Crippen molar-refractivity contribution >= 4 is 56.9 Å². The lowest BCUT2D eigenvalue weighted by Gasteiger charge is -1.96. The number of thioether (sulfide) groups is 1. The summed E-state index contributed by atoms with van der Waals surface area (Å²) < 4.78 is 5.74. The van der Waals surface area contributed by atoms with E-state index in [0.717, 1.165) is 21.9 Å². The average molecular weight is 283 g/mol. The molecule has 86 valence electrons. The number of hydrogen-bond acceptors (Lipinski definition) is 2. The lowest BCUT2D eigenvalue weighted by atomic mass is 10.1. The molecule has 2 aromatic carbocycles. The van der Waals surface area contributed by atoms with E-state index in [1.165, 1.54) is 4.90 Å². The van der Waals surface area contributed by atoms with Crippen molar-refractivity contribution in [2.75, 3.05) is 6.26 Å². The van der Waals surface area contributed by atoms with E-state index in [2.05, 4.69) is 6.07 Å². The minimum Gasteiger partial charge on any atom is -0.456 e. The van der Waals surface area contributed by atoms with Gasteiger partial charge < -0.3 is 4.42 Å². The van der Waals surface area contributed by atoms with Crippen LogP contribution in [0.3, 0.4) is 0 Å². The number of hydrogen-bond donors (Lipinski definition) is 0. The van der Waals surface area contributed by atoms with Crippen LogP contribution in [-0.4, -0.2) is 6.26 Å². The maximum absolute atomic E-state index is 6.04. The number of furan rings is 1. The molecule has 0 atom stereocenters. The van der Waals surface area contributed by atoms with Gasteiger partial charge in [0.05, 0.1) is 10.0 Å². The first-order valence-electron chi connectivity index (χ1n) is 5.04. The van der Waals surface area contributed by atoms with Crippen LogP contribution in [0.15, 0.2) is 39.6 Å². The van der Waals surface area contributed by atoms with Gasteiger partial charge in [0, 0.05) is 21.7 Å². The van der Waals surface area contributed by atoms with Crippen molar-refractivity contribution in [2.45, 2.75) is 4.90 Å². The maximum Gasteiger partial charge on any atom is 0.137 e. The number of fused-ring (bicyclic) bond motifs is 3. The predicted molar refractivity (Wildman–Crippen MR) is 75.5 cm³/mol. The zero-order valence-corrected chi connectivity index (χ0v) is 11.3. The molecule has 0 spiro atoms. The molecule has 0 aliphatic heterocycles. The lowest BCUT2D eigenvalue weighted by molar-refractivity contribution is 0.668. The van der Waals surface area contributed by atoms with Gasteiger partial charge >= 0.3 is 0 Å². The highest BCUT2D eigenvalue weighted by atomic mass is 35.5. The largest absolute Gasteiger partial charge is 0.456 e. The van der Waals surface area contributed by atoms with Crippen molar-refractivity contribution in [3.8, 4) is 0 Å². The number of rotatable bonds is 1. The van der Waals surface area contributed by atoms with Crippen LogP contribution in [-0.2, 0) is 0 Å².